The van der Waals surface area contributed by atoms with Gasteiger partial charge >= 0.3 is 0 Å². The number of aliphatic hydroxyl groups is 1. The molecule has 5 nitrogen and oxygen atoms in total. The van der Waals surface area contributed by atoms with Crippen molar-refractivity contribution >= 4 is 11.6 Å². The van der Waals surface area contributed by atoms with Gasteiger partial charge < -0.3 is 15.7 Å². The van der Waals surface area contributed by atoms with Gasteiger partial charge in [-0.1, -0.05) is 37.3 Å². The van der Waals surface area contributed by atoms with Crippen molar-refractivity contribution in [1.82, 2.24) is 9.97 Å². The van der Waals surface area contributed by atoms with Crippen molar-refractivity contribution in [3.63, 3.8) is 0 Å². The third-order valence-electron chi connectivity index (χ3n) is 3.16. The number of nitrogens with one attached hydrogen (secondary N) is 2. The van der Waals surface area contributed by atoms with Crippen LogP contribution in [0.3, 0.4) is 0 Å². The van der Waals surface area contributed by atoms with Gasteiger partial charge in [-0.25, -0.2) is 9.97 Å². The summed E-state index contributed by atoms with van der Waals surface area (Å²) < 4.78 is 0. The number of benzene rings is 1. The van der Waals surface area contributed by atoms with Crippen LogP contribution in [-0.4, -0.2) is 28.7 Å². The minimum absolute atomic E-state index is 0.412. The first kappa shape index (κ1) is 15.3. The van der Waals surface area contributed by atoms with E-state index >= 15 is 0 Å². The zero-order valence-electron chi connectivity index (χ0n) is 12.5. The average Bonchev–Trinajstić information content (AvgIpc) is 2.53. The third kappa shape index (κ3) is 4.43. The van der Waals surface area contributed by atoms with Crippen LogP contribution in [0.5, 0.6) is 0 Å². The number of aryl methyl sites for hydroxylation is 1. The maximum atomic E-state index is 10.2. The Morgan fingerprint density at radius 3 is 2.52 bits per heavy atom. The van der Waals surface area contributed by atoms with Crippen molar-refractivity contribution in [2.75, 3.05) is 24.2 Å². The van der Waals surface area contributed by atoms with Gasteiger partial charge in [-0.2, -0.15) is 0 Å². The highest BCUT2D eigenvalue weighted by Crippen LogP contribution is 2.15. The van der Waals surface area contributed by atoms with E-state index < -0.39 is 6.10 Å². The van der Waals surface area contributed by atoms with Crippen LogP contribution < -0.4 is 10.6 Å². The Labute approximate surface area is 125 Å². The third-order valence-corrected chi connectivity index (χ3v) is 3.16. The Morgan fingerprint density at radius 2 is 1.86 bits per heavy atom. The van der Waals surface area contributed by atoms with E-state index in [4.69, 9.17) is 0 Å². The van der Waals surface area contributed by atoms with Gasteiger partial charge in [0.2, 0.25) is 0 Å². The predicted octanol–water partition coefficient (Wildman–Crippen LogP) is 2.62. The summed E-state index contributed by atoms with van der Waals surface area (Å²) in [6, 6.07) is 11.4. The lowest BCUT2D eigenvalue weighted by atomic mass is 10.1. The molecule has 0 amide bonds. The molecule has 21 heavy (non-hydrogen) atoms. The highest BCUT2D eigenvalue weighted by Gasteiger charge is 2.08. The fourth-order valence-corrected chi connectivity index (χ4v) is 2.05. The lowest BCUT2D eigenvalue weighted by molar-refractivity contribution is 0.191. The molecule has 0 aliphatic heterocycles. The van der Waals surface area contributed by atoms with Gasteiger partial charge in [-0.05, 0) is 12.0 Å². The number of aromatic nitrogens is 2. The molecule has 1 heterocycles. The topological polar surface area (TPSA) is 70.1 Å². The maximum Gasteiger partial charge on any atom is 0.133 e. The zero-order chi connectivity index (χ0) is 15.1. The fourth-order valence-electron chi connectivity index (χ4n) is 2.05. The standard InChI is InChI=1S/C16H22N4O/c1-3-7-14-19-15(17-2)10-16(20-14)18-11-13(21)12-8-5-4-6-9-12/h4-6,8-10,13,21H,3,7,11H2,1-2H3,(H2,17,18,19,20). The van der Waals surface area contributed by atoms with E-state index in [1.807, 2.05) is 43.4 Å². The summed E-state index contributed by atoms with van der Waals surface area (Å²) in [5.74, 6) is 2.32. The first-order valence-electron chi connectivity index (χ1n) is 7.25. The predicted molar refractivity (Wildman–Crippen MR) is 85.5 cm³/mol. The van der Waals surface area contributed by atoms with Gasteiger partial charge in [0.05, 0.1) is 6.10 Å². The molecule has 0 bridgehead atoms. The Hall–Kier alpha value is -2.14. The van der Waals surface area contributed by atoms with Crippen LogP contribution >= 0.6 is 0 Å². The molecule has 0 spiro atoms. The summed E-state index contributed by atoms with van der Waals surface area (Å²) in [5, 5.41) is 16.4. The fraction of sp³-hybridized carbons (Fsp3) is 0.375. The second-order valence-corrected chi connectivity index (χ2v) is 4.86. The second-order valence-electron chi connectivity index (χ2n) is 4.86. The van der Waals surface area contributed by atoms with Crippen molar-refractivity contribution in [2.45, 2.75) is 25.9 Å². The van der Waals surface area contributed by atoms with Gasteiger partial charge in [-0.3, -0.25) is 0 Å². The van der Waals surface area contributed by atoms with Crippen LogP contribution in [0.2, 0.25) is 0 Å². The van der Waals surface area contributed by atoms with Crippen LogP contribution in [-0.2, 0) is 6.42 Å². The lowest BCUT2D eigenvalue weighted by Crippen LogP contribution is -2.14. The Kier molecular flexibility index (Phi) is 5.51. The van der Waals surface area contributed by atoms with E-state index in [-0.39, 0.29) is 0 Å². The van der Waals surface area contributed by atoms with Crippen molar-refractivity contribution < 1.29 is 5.11 Å². The van der Waals surface area contributed by atoms with E-state index in [1.165, 1.54) is 0 Å². The molecule has 1 aromatic carbocycles. The number of rotatable bonds is 7. The van der Waals surface area contributed by atoms with Crippen LogP contribution in [0, 0.1) is 0 Å². The summed E-state index contributed by atoms with van der Waals surface area (Å²) in [4.78, 5) is 8.87. The van der Waals surface area contributed by atoms with Crippen molar-refractivity contribution in [1.29, 1.82) is 0 Å². The number of nitrogens with zero attached hydrogens (tertiary/aromatic N) is 2. The monoisotopic (exact) mass is 286 g/mol. The van der Waals surface area contributed by atoms with Crippen molar-refractivity contribution in [2.24, 2.45) is 0 Å². The summed E-state index contributed by atoms with van der Waals surface area (Å²) in [6.45, 7) is 2.51. The smallest absolute Gasteiger partial charge is 0.133 e. The van der Waals surface area contributed by atoms with Gasteiger partial charge in [0.25, 0.3) is 0 Å². The van der Waals surface area contributed by atoms with E-state index in [0.29, 0.717) is 6.54 Å². The minimum Gasteiger partial charge on any atom is -0.387 e. The first-order chi connectivity index (χ1) is 10.2. The molecule has 0 radical (unpaired) electrons. The molecule has 0 fully saturated rings. The van der Waals surface area contributed by atoms with Gasteiger partial charge in [-0.15, -0.1) is 0 Å². The van der Waals surface area contributed by atoms with Crippen molar-refractivity contribution in [3.8, 4) is 0 Å². The summed E-state index contributed by atoms with van der Waals surface area (Å²) >= 11 is 0. The summed E-state index contributed by atoms with van der Waals surface area (Å²) in [6.07, 6.45) is 1.28. The van der Waals surface area contributed by atoms with E-state index in [1.54, 1.807) is 0 Å². The molecule has 1 atom stereocenters. The zero-order valence-corrected chi connectivity index (χ0v) is 12.5. The normalized spacial score (nSPS) is 12.0. The molecular weight excluding hydrogens is 264 g/mol. The molecule has 1 unspecified atom stereocenters. The van der Waals surface area contributed by atoms with E-state index in [9.17, 15) is 5.11 Å². The molecule has 112 valence electrons. The van der Waals surface area contributed by atoms with Gasteiger partial charge in [0, 0.05) is 26.1 Å². The van der Waals surface area contributed by atoms with Gasteiger partial charge in [0.15, 0.2) is 0 Å². The van der Waals surface area contributed by atoms with Crippen LogP contribution in [0.25, 0.3) is 0 Å². The molecular formula is C16H22N4O. The number of anilines is 2. The molecule has 2 aromatic rings. The molecule has 2 rings (SSSR count). The van der Waals surface area contributed by atoms with Crippen molar-refractivity contribution in [3.05, 3.63) is 47.8 Å². The average molecular weight is 286 g/mol. The molecule has 5 heteroatoms. The first-order valence-corrected chi connectivity index (χ1v) is 7.25. The Bertz CT molecular complexity index is 559. The molecule has 0 aliphatic carbocycles. The molecule has 3 N–H and O–H groups in total. The lowest BCUT2D eigenvalue weighted by Gasteiger charge is -2.14. The quantitative estimate of drug-likeness (QED) is 0.730. The second kappa shape index (κ2) is 7.59. The van der Waals surface area contributed by atoms with Gasteiger partial charge in [0.1, 0.15) is 17.5 Å². The van der Waals surface area contributed by atoms with Crippen LogP contribution in [0.4, 0.5) is 11.6 Å². The Morgan fingerprint density at radius 1 is 1.14 bits per heavy atom. The number of hydrogen-bond acceptors (Lipinski definition) is 5. The number of hydrogen-bond donors (Lipinski definition) is 3. The van der Waals surface area contributed by atoms with E-state index in [0.717, 1.165) is 35.9 Å². The number of aliphatic hydroxyl groups excluding tert-OH is 1. The molecule has 0 saturated carbocycles. The maximum absolute atomic E-state index is 10.2. The molecule has 0 saturated heterocycles. The van der Waals surface area contributed by atoms with E-state index in [2.05, 4.69) is 27.5 Å². The highest BCUT2D eigenvalue weighted by molar-refractivity contribution is 5.47. The SMILES string of the molecule is CCCc1nc(NC)cc(NCC(O)c2ccccc2)n1. The minimum atomic E-state index is -0.561. The van der Waals surface area contributed by atoms with Crippen LogP contribution in [0.1, 0.15) is 30.8 Å². The molecule has 1 aromatic heterocycles. The summed E-state index contributed by atoms with van der Waals surface area (Å²) in [7, 11) is 1.83. The highest BCUT2D eigenvalue weighted by atomic mass is 16.3. The molecule has 0 aliphatic rings. The van der Waals surface area contributed by atoms with Crippen LogP contribution in [0.15, 0.2) is 36.4 Å². The largest absolute Gasteiger partial charge is 0.387 e. The Balaban J connectivity index is 2.03. The summed E-state index contributed by atoms with van der Waals surface area (Å²) in [5.41, 5.74) is 0.890.